The zero-order valence-corrected chi connectivity index (χ0v) is 13.2. The fourth-order valence-corrected chi connectivity index (χ4v) is 2.42. The summed E-state index contributed by atoms with van der Waals surface area (Å²) in [4.78, 5) is 17.2. The van der Waals surface area contributed by atoms with Gasteiger partial charge in [0.1, 0.15) is 5.82 Å². The van der Waals surface area contributed by atoms with Crippen LogP contribution in [-0.2, 0) is 6.42 Å². The van der Waals surface area contributed by atoms with Crippen molar-refractivity contribution in [2.45, 2.75) is 19.8 Å². The van der Waals surface area contributed by atoms with Crippen molar-refractivity contribution in [3.63, 3.8) is 0 Å². The van der Waals surface area contributed by atoms with E-state index in [1.165, 1.54) is 23.0 Å². The Balaban J connectivity index is 2.11. The highest BCUT2D eigenvalue weighted by molar-refractivity contribution is 5.81. The number of nitrogens with zero attached hydrogens (tertiary/aromatic N) is 3. The molecular formula is C18H17N3O3. The molecule has 6 heteroatoms. The number of fused-ring (bicyclic) bond motifs is 1. The van der Waals surface area contributed by atoms with Gasteiger partial charge in [-0.25, -0.2) is 4.98 Å². The van der Waals surface area contributed by atoms with Gasteiger partial charge in [0.2, 0.25) is 0 Å². The third kappa shape index (κ3) is 2.99. The molecule has 24 heavy (non-hydrogen) atoms. The molecule has 2 N–H and O–H groups in total. The molecule has 0 spiro atoms. The Hall–Kier alpha value is -3.15. The van der Waals surface area contributed by atoms with Gasteiger partial charge in [-0.05, 0) is 42.3 Å². The number of rotatable bonds is 4. The van der Waals surface area contributed by atoms with Gasteiger partial charge in [-0.15, -0.1) is 0 Å². The van der Waals surface area contributed by atoms with Crippen LogP contribution in [0.2, 0.25) is 0 Å². The third-order valence-corrected chi connectivity index (χ3v) is 3.62. The SMILES string of the molecule is CCCc1nc2ccccc2c(=O)n1/N=C\c1ccc(O)c(O)c1. The number of hydrogen-bond donors (Lipinski definition) is 2. The summed E-state index contributed by atoms with van der Waals surface area (Å²) in [5.74, 6) is 0.139. The van der Waals surface area contributed by atoms with Gasteiger partial charge >= 0.3 is 0 Å². The van der Waals surface area contributed by atoms with Crippen LogP contribution in [0.1, 0.15) is 24.7 Å². The molecule has 0 amide bonds. The summed E-state index contributed by atoms with van der Waals surface area (Å²) in [6.45, 7) is 2.01. The molecule has 3 rings (SSSR count). The standard InChI is InChI=1S/C18H17N3O3/c1-2-5-17-20-14-7-4-3-6-13(14)18(24)21(17)19-11-12-8-9-15(22)16(23)10-12/h3-4,6-11,22-23H,2,5H2,1H3/b19-11-. The van der Waals surface area contributed by atoms with Crippen molar-refractivity contribution in [3.05, 3.63) is 64.2 Å². The van der Waals surface area contributed by atoms with Gasteiger partial charge in [0.25, 0.3) is 5.56 Å². The van der Waals surface area contributed by atoms with E-state index in [2.05, 4.69) is 10.1 Å². The first-order valence-electron chi connectivity index (χ1n) is 7.67. The van der Waals surface area contributed by atoms with E-state index in [1.54, 1.807) is 18.2 Å². The first-order valence-corrected chi connectivity index (χ1v) is 7.67. The Morgan fingerprint density at radius 2 is 1.96 bits per heavy atom. The van der Waals surface area contributed by atoms with Crippen molar-refractivity contribution in [1.29, 1.82) is 0 Å². The highest BCUT2D eigenvalue weighted by atomic mass is 16.3. The molecule has 6 nitrogen and oxygen atoms in total. The van der Waals surface area contributed by atoms with Gasteiger partial charge in [-0.1, -0.05) is 19.1 Å². The summed E-state index contributed by atoms with van der Waals surface area (Å²) in [5.41, 5.74) is 0.982. The van der Waals surface area contributed by atoms with Crippen molar-refractivity contribution in [3.8, 4) is 11.5 Å². The third-order valence-electron chi connectivity index (χ3n) is 3.62. The molecule has 1 aromatic heterocycles. The average molecular weight is 323 g/mol. The van der Waals surface area contributed by atoms with Gasteiger partial charge in [0, 0.05) is 6.42 Å². The summed E-state index contributed by atoms with van der Waals surface area (Å²) in [7, 11) is 0. The lowest BCUT2D eigenvalue weighted by atomic mass is 10.2. The van der Waals surface area contributed by atoms with E-state index in [9.17, 15) is 15.0 Å². The second-order valence-electron chi connectivity index (χ2n) is 5.40. The van der Waals surface area contributed by atoms with Crippen LogP contribution in [0.5, 0.6) is 11.5 Å². The van der Waals surface area contributed by atoms with Crippen molar-refractivity contribution in [2.24, 2.45) is 5.10 Å². The molecule has 0 saturated carbocycles. The predicted octanol–water partition coefficient (Wildman–Crippen LogP) is 2.64. The van der Waals surface area contributed by atoms with Gasteiger partial charge in [-0.2, -0.15) is 9.78 Å². The summed E-state index contributed by atoms with van der Waals surface area (Å²) in [6.07, 6.45) is 2.91. The molecule has 0 atom stereocenters. The van der Waals surface area contributed by atoms with E-state index >= 15 is 0 Å². The normalized spacial score (nSPS) is 11.4. The number of phenols is 2. The minimum absolute atomic E-state index is 0.205. The van der Waals surface area contributed by atoms with Crippen molar-refractivity contribution >= 4 is 17.1 Å². The number of para-hydroxylation sites is 1. The van der Waals surface area contributed by atoms with Gasteiger partial charge in [-0.3, -0.25) is 4.79 Å². The van der Waals surface area contributed by atoms with Crippen molar-refractivity contribution in [2.75, 3.05) is 0 Å². The molecule has 2 aromatic carbocycles. The number of aryl methyl sites for hydroxylation is 1. The molecular weight excluding hydrogens is 306 g/mol. The van der Waals surface area contributed by atoms with E-state index in [4.69, 9.17) is 0 Å². The molecule has 0 fully saturated rings. The second kappa shape index (κ2) is 6.54. The number of aromatic hydroxyl groups is 2. The maximum atomic E-state index is 12.7. The zero-order chi connectivity index (χ0) is 17.1. The second-order valence-corrected chi connectivity index (χ2v) is 5.40. The molecule has 122 valence electrons. The summed E-state index contributed by atoms with van der Waals surface area (Å²) in [6, 6.07) is 11.5. The van der Waals surface area contributed by atoms with E-state index in [-0.39, 0.29) is 17.1 Å². The average Bonchev–Trinajstić information content (AvgIpc) is 2.58. The topological polar surface area (TPSA) is 87.7 Å². The first-order chi connectivity index (χ1) is 11.6. The van der Waals surface area contributed by atoms with Crippen LogP contribution < -0.4 is 5.56 Å². The zero-order valence-electron chi connectivity index (χ0n) is 13.2. The molecule has 0 saturated heterocycles. The van der Waals surface area contributed by atoms with Crippen LogP contribution in [0.3, 0.4) is 0 Å². The van der Waals surface area contributed by atoms with E-state index < -0.39 is 0 Å². The fourth-order valence-electron chi connectivity index (χ4n) is 2.42. The van der Waals surface area contributed by atoms with Crippen LogP contribution in [-0.4, -0.2) is 26.1 Å². The predicted molar refractivity (Wildman–Crippen MR) is 92.8 cm³/mol. The largest absolute Gasteiger partial charge is 0.504 e. The molecule has 0 aliphatic rings. The quantitative estimate of drug-likeness (QED) is 0.571. The van der Waals surface area contributed by atoms with Crippen molar-refractivity contribution < 1.29 is 10.2 Å². The molecule has 0 aliphatic carbocycles. The molecule has 0 unspecified atom stereocenters. The lowest BCUT2D eigenvalue weighted by Crippen LogP contribution is -2.22. The summed E-state index contributed by atoms with van der Waals surface area (Å²) < 4.78 is 1.29. The molecule has 0 radical (unpaired) electrons. The highest BCUT2D eigenvalue weighted by Crippen LogP contribution is 2.24. The Morgan fingerprint density at radius 3 is 2.71 bits per heavy atom. The number of benzene rings is 2. The molecule has 0 bridgehead atoms. The monoisotopic (exact) mass is 323 g/mol. The summed E-state index contributed by atoms with van der Waals surface area (Å²) in [5, 5.41) is 23.6. The Bertz CT molecular complexity index is 977. The smallest absolute Gasteiger partial charge is 0.282 e. The lowest BCUT2D eigenvalue weighted by molar-refractivity contribution is 0.403. The Kier molecular flexibility index (Phi) is 4.29. The minimum Gasteiger partial charge on any atom is -0.504 e. The summed E-state index contributed by atoms with van der Waals surface area (Å²) >= 11 is 0. The maximum Gasteiger partial charge on any atom is 0.282 e. The Labute approximate surface area is 138 Å². The van der Waals surface area contributed by atoms with Crippen LogP contribution >= 0.6 is 0 Å². The first kappa shape index (κ1) is 15.7. The fraction of sp³-hybridized carbons (Fsp3) is 0.167. The number of aromatic nitrogens is 2. The van der Waals surface area contributed by atoms with Crippen molar-refractivity contribution in [1.82, 2.24) is 9.66 Å². The maximum absolute atomic E-state index is 12.7. The van der Waals surface area contributed by atoms with Gasteiger partial charge < -0.3 is 10.2 Å². The van der Waals surface area contributed by atoms with E-state index in [1.807, 2.05) is 19.1 Å². The van der Waals surface area contributed by atoms with E-state index in [0.29, 0.717) is 28.7 Å². The van der Waals surface area contributed by atoms with Crippen LogP contribution in [0.25, 0.3) is 10.9 Å². The van der Waals surface area contributed by atoms with Gasteiger partial charge in [0.05, 0.1) is 17.1 Å². The molecule has 1 heterocycles. The van der Waals surface area contributed by atoms with Crippen LogP contribution in [0, 0.1) is 0 Å². The highest BCUT2D eigenvalue weighted by Gasteiger charge is 2.09. The van der Waals surface area contributed by atoms with Crippen LogP contribution in [0.4, 0.5) is 0 Å². The Morgan fingerprint density at radius 1 is 1.17 bits per heavy atom. The number of phenolic OH excluding ortho intramolecular Hbond substituents is 2. The lowest BCUT2D eigenvalue weighted by Gasteiger charge is -2.08. The van der Waals surface area contributed by atoms with Crippen LogP contribution in [0.15, 0.2) is 52.4 Å². The number of hydrogen-bond acceptors (Lipinski definition) is 5. The van der Waals surface area contributed by atoms with Gasteiger partial charge in [0.15, 0.2) is 11.5 Å². The van der Waals surface area contributed by atoms with E-state index in [0.717, 1.165) is 6.42 Å². The molecule has 3 aromatic rings. The minimum atomic E-state index is -0.239. The molecule has 0 aliphatic heterocycles.